The highest BCUT2D eigenvalue weighted by molar-refractivity contribution is 9.10. The molecule has 1 aromatic carbocycles. The smallest absolute Gasteiger partial charge is 0.128 e. The molecule has 0 fully saturated rings. The lowest BCUT2D eigenvalue weighted by atomic mass is 10.0. The Morgan fingerprint density at radius 1 is 1.47 bits per heavy atom. The molecule has 0 bridgehead atoms. The van der Waals surface area contributed by atoms with Crippen LogP contribution in [0, 0.1) is 0 Å². The fourth-order valence-corrected chi connectivity index (χ4v) is 3.39. The van der Waals surface area contributed by atoms with Gasteiger partial charge in [0.05, 0.1) is 13.2 Å². The van der Waals surface area contributed by atoms with Gasteiger partial charge in [-0.25, -0.2) is 0 Å². The summed E-state index contributed by atoms with van der Waals surface area (Å²) in [6.07, 6.45) is 0.935. The second-order valence-corrected chi connectivity index (χ2v) is 5.93. The van der Waals surface area contributed by atoms with Gasteiger partial charge in [-0.1, -0.05) is 15.9 Å². The number of nitrogens with one attached hydrogen (secondary N) is 1. The van der Waals surface area contributed by atoms with Gasteiger partial charge in [-0.3, -0.25) is 5.84 Å². The van der Waals surface area contributed by atoms with Gasteiger partial charge in [0.2, 0.25) is 0 Å². The molecule has 3 rings (SSSR count). The average molecular weight is 314 g/mol. The molecule has 0 unspecified atom stereocenters. The van der Waals surface area contributed by atoms with E-state index < -0.39 is 0 Å². The van der Waals surface area contributed by atoms with Crippen LogP contribution in [0.25, 0.3) is 5.57 Å². The van der Waals surface area contributed by atoms with E-state index >= 15 is 0 Å². The van der Waals surface area contributed by atoms with Crippen LogP contribution in [0.2, 0.25) is 0 Å². The number of hydrazine groups is 2. The predicted molar refractivity (Wildman–Crippen MR) is 72.8 cm³/mol. The number of benzene rings is 1. The summed E-state index contributed by atoms with van der Waals surface area (Å²) >= 11 is 5.13. The Balaban J connectivity index is 2.04. The van der Waals surface area contributed by atoms with Crippen LogP contribution in [-0.2, 0) is 0 Å². The molecular formula is C11H12BrN3OS. The number of nitrogens with zero attached hydrogens (tertiary/aromatic N) is 1. The molecule has 17 heavy (non-hydrogen) atoms. The van der Waals surface area contributed by atoms with Gasteiger partial charge in [0.15, 0.2) is 0 Å². The summed E-state index contributed by atoms with van der Waals surface area (Å²) in [5.74, 6) is 6.41. The first-order valence-electron chi connectivity index (χ1n) is 5.34. The molecule has 2 aliphatic rings. The van der Waals surface area contributed by atoms with Crippen LogP contribution in [0.1, 0.15) is 12.0 Å². The fourth-order valence-electron chi connectivity index (χ4n) is 2.07. The summed E-state index contributed by atoms with van der Waals surface area (Å²) < 4.78 is 8.75. The highest BCUT2D eigenvalue weighted by Gasteiger charge is 2.27. The first-order chi connectivity index (χ1) is 8.28. The van der Waals surface area contributed by atoms with Crippen LogP contribution >= 0.6 is 27.9 Å². The second kappa shape index (κ2) is 4.62. The molecule has 0 spiro atoms. The zero-order valence-corrected chi connectivity index (χ0v) is 11.5. The first-order valence-corrected chi connectivity index (χ1v) is 6.91. The highest BCUT2D eigenvalue weighted by Crippen LogP contribution is 2.43. The van der Waals surface area contributed by atoms with Crippen LogP contribution in [0.15, 0.2) is 27.6 Å². The molecule has 0 amide bonds. The van der Waals surface area contributed by atoms with Crippen LogP contribution in [0.5, 0.6) is 5.75 Å². The quantitative estimate of drug-likeness (QED) is 0.473. The average Bonchev–Trinajstić information content (AvgIpc) is 2.66. The Kier molecular flexibility index (Phi) is 3.14. The largest absolute Gasteiger partial charge is 0.493 e. The Bertz CT molecular complexity index is 492. The molecule has 0 saturated heterocycles. The molecule has 1 aromatic rings. The molecule has 2 aliphatic heterocycles. The highest BCUT2D eigenvalue weighted by atomic mass is 79.9. The predicted octanol–water partition coefficient (Wildman–Crippen LogP) is 2.28. The van der Waals surface area contributed by atoms with Crippen LogP contribution in [-0.4, -0.2) is 17.6 Å². The number of hydrogen-bond acceptors (Lipinski definition) is 5. The van der Waals surface area contributed by atoms with E-state index in [0.29, 0.717) is 6.61 Å². The molecular weight excluding hydrogens is 302 g/mol. The van der Waals surface area contributed by atoms with Gasteiger partial charge in [0, 0.05) is 21.4 Å². The van der Waals surface area contributed by atoms with E-state index in [1.54, 1.807) is 11.9 Å². The molecule has 0 radical (unpaired) electrons. The minimum absolute atomic E-state index is 0.716. The van der Waals surface area contributed by atoms with Gasteiger partial charge < -0.3 is 4.74 Å². The van der Waals surface area contributed by atoms with Gasteiger partial charge in [-0.2, -0.15) is 9.95 Å². The van der Waals surface area contributed by atoms with Crippen molar-refractivity contribution in [3.63, 3.8) is 0 Å². The Hall–Kier alpha value is -0.530. The maximum atomic E-state index is 5.78. The Labute approximate surface area is 112 Å². The number of fused-ring (bicyclic) bond motifs is 2. The lowest BCUT2D eigenvalue weighted by Gasteiger charge is -2.14. The van der Waals surface area contributed by atoms with Crippen LogP contribution in [0.4, 0.5) is 0 Å². The molecule has 0 aliphatic carbocycles. The number of nitrogens with two attached hydrogens (primary N) is 1. The molecule has 4 nitrogen and oxygen atoms in total. The molecule has 0 saturated carbocycles. The normalized spacial score (nSPS) is 19.6. The van der Waals surface area contributed by atoms with Crippen LogP contribution in [0.3, 0.4) is 0 Å². The van der Waals surface area contributed by atoms with E-state index in [1.807, 2.05) is 16.5 Å². The van der Waals surface area contributed by atoms with Crippen molar-refractivity contribution >= 4 is 33.5 Å². The molecule has 6 heteroatoms. The molecule has 90 valence electrons. The standard InChI is InChI=1S/C11H12BrN3OS/c12-7-1-2-8-9-6-15(14-13)17-11(9)3-4-16-10(8)5-7/h1-2,5,14H,3-4,6,13H2. The zero-order chi connectivity index (χ0) is 11.8. The molecule has 2 heterocycles. The van der Waals surface area contributed by atoms with E-state index in [4.69, 9.17) is 10.6 Å². The van der Waals surface area contributed by atoms with Crippen LogP contribution < -0.4 is 16.1 Å². The van der Waals surface area contributed by atoms with Crippen molar-refractivity contribution < 1.29 is 4.74 Å². The SMILES string of the molecule is NNN1CC2=C(CCOc3cc(Br)ccc32)S1. The molecule has 0 atom stereocenters. The molecule has 3 N–H and O–H groups in total. The number of halogens is 1. The van der Waals surface area contributed by atoms with Crippen molar-refractivity contribution in [3.8, 4) is 5.75 Å². The maximum Gasteiger partial charge on any atom is 0.128 e. The van der Waals surface area contributed by atoms with Gasteiger partial charge >= 0.3 is 0 Å². The van der Waals surface area contributed by atoms with Gasteiger partial charge in [-0.15, -0.1) is 0 Å². The number of ether oxygens (including phenoxy) is 1. The van der Waals surface area contributed by atoms with Crippen molar-refractivity contribution in [2.24, 2.45) is 5.84 Å². The third-order valence-electron chi connectivity index (χ3n) is 2.86. The van der Waals surface area contributed by atoms with E-state index in [2.05, 4.69) is 27.5 Å². The van der Waals surface area contributed by atoms with Gasteiger partial charge in [0.1, 0.15) is 5.75 Å². The van der Waals surface area contributed by atoms with E-state index in [-0.39, 0.29) is 0 Å². The van der Waals surface area contributed by atoms with E-state index in [9.17, 15) is 0 Å². The summed E-state index contributed by atoms with van der Waals surface area (Å²) in [4.78, 5) is 1.34. The maximum absolute atomic E-state index is 5.78. The zero-order valence-electron chi connectivity index (χ0n) is 9.07. The number of hydrogen-bond donors (Lipinski definition) is 2. The second-order valence-electron chi connectivity index (χ2n) is 3.90. The van der Waals surface area contributed by atoms with Gasteiger partial charge in [0.25, 0.3) is 0 Å². The van der Waals surface area contributed by atoms with Gasteiger partial charge in [-0.05, 0) is 35.7 Å². The van der Waals surface area contributed by atoms with Crippen molar-refractivity contribution in [3.05, 3.63) is 33.1 Å². The monoisotopic (exact) mass is 313 g/mol. The lowest BCUT2D eigenvalue weighted by Crippen LogP contribution is -2.36. The first kappa shape index (κ1) is 11.6. The van der Waals surface area contributed by atoms with Crippen molar-refractivity contribution in [1.82, 2.24) is 9.95 Å². The van der Waals surface area contributed by atoms with Crippen molar-refractivity contribution in [2.45, 2.75) is 6.42 Å². The molecule has 0 aromatic heterocycles. The van der Waals surface area contributed by atoms with E-state index in [1.165, 1.54) is 16.0 Å². The lowest BCUT2D eigenvalue weighted by molar-refractivity contribution is 0.324. The Morgan fingerprint density at radius 2 is 2.35 bits per heavy atom. The summed E-state index contributed by atoms with van der Waals surface area (Å²) in [7, 11) is 0. The van der Waals surface area contributed by atoms with Crippen molar-refractivity contribution in [1.29, 1.82) is 0 Å². The summed E-state index contributed by atoms with van der Waals surface area (Å²) in [6.45, 7) is 1.52. The summed E-state index contributed by atoms with van der Waals surface area (Å²) in [5.41, 5.74) is 5.17. The fraction of sp³-hybridized carbons (Fsp3) is 0.273. The third kappa shape index (κ3) is 2.11. The number of rotatable bonds is 1. The minimum Gasteiger partial charge on any atom is -0.493 e. The summed E-state index contributed by atoms with van der Waals surface area (Å²) in [6, 6.07) is 6.16. The summed E-state index contributed by atoms with van der Waals surface area (Å²) in [5, 5.41) is 0. The third-order valence-corrected chi connectivity index (χ3v) is 4.48. The van der Waals surface area contributed by atoms with E-state index in [0.717, 1.165) is 23.2 Å². The Morgan fingerprint density at radius 3 is 3.18 bits per heavy atom. The minimum atomic E-state index is 0.716. The topological polar surface area (TPSA) is 50.5 Å². The van der Waals surface area contributed by atoms with Crippen molar-refractivity contribution in [2.75, 3.05) is 13.2 Å².